The van der Waals surface area contributed by atoms with Gasteiger partial charge in [0.2, 0.25) is 10.0 Å². The summed E-state index contributed by atoms with van der Waals surface area (Å²) in [5.74, 6) is 0.0394. The Labute approximate surface area is 108 Å². The predicted molar refractivity (Wildman–Crippen MR) is 68.0 cm³/mol. The van der Waals surface area contributed by atoms with Crippen LogP contribution in [0.25, 0.3) is 0 Å². The lowest BCUT2D eigenvalue weighted by molar-refractivity contribution is 0.126. The number of nitrogens with two attached hydrogens (primary N) is 1. The molecular weight excluding hydrogens is 258 g/mol. The number of sulfonamides is 1. The van der Waals surface area contributed by atoms with Crippen molar-refractivity contribution in [2.75, 3.05) is 25.4 Å². The van der Waals surface area contributed by atoms with Crippen LogP contribution in [0.15, 0.2) is 5.16 Å². The van der Waals surface area contributed by atoms with E-state index in [0.717, 1.165) is 12.8 Å². The SMILES string of the molecule is CCN(CCC(N)=NO)S(=O)(=O)CC1CCCO1. The minimum Gasteiger partial charge on any atom is -0.409 e. The summed E-state index contributed by atoms with van der Waals surface area (Å²) in [5, 5.41) is 11.3. The highest BCUT2D eigenvalue weighted by molar-refractivity contribution is 7.89. The average molecular weight is 279 g/mol. The Kier molecular flexibility index (Phi) is 5.83. The fraction of sp³-hybridized carbons (Fsp3) is 0.900. The molecule has 3 N–H and O–H groups in total. The second-order valence-corrected chi connectivity index (χ2v) is 6.26. The number of hydrogen-bond acceptors (Lipinski definition) is 5. The van der Waals surface area contributed by atoms with Crippen LogP contribution in [0.5, 0.6) is 0 Å². The Hall–Kier alpha value is -0.860. The highest BCUT2D eigenvalue weighted by Gasteiger charge is 2.27. The van der Waals surface area contributed by atoms with Crippen molar-refractivity contribution in [3.8, 4) is 0 Å². The topological polar surface area (TPSA) is 105 Å². The van der Waals surface area contributed by atoms with Gasteiger partial charge in [0.05, 0.1) is 11.9 Å². The molecule has 0 aromatic rings. The largest absolute Gasteiger partial charge is 0.409 e. The van der Waals surface area contributed by atoms with Crippen molar-refractivity contribution in [1.82, 2.24) is 4.31 Å². The van der Waals surface area contributed by atoms with Crippen molar-refractivity contribution in [2.45, 2.75) is 32.3 Å². The number of amidine groups is 1. The van der Waals surface area contributed by atoms with Crippen molar-refractivity contribution in [3.63, 3.8) is 0 Å². The molecular formula is C10H21N3O4S. The molecule has 1 atom stereocenters. The maximum atomic E-state index is 12.1. The van der Waals surface area contributed by atoms with Gasteiger partial charge in [-0.25, -0.2) is 12.7 Å². The average Bonchev–Trinajstić information content (AvgIpc) is 2.81. The summed E-state index contributed by atoms with van der Waals surface area (Å²) in [7, 11) is -3.34. The van der Waals surface area contributed by atoms with Crippen LogP contribution in [0.2, 0.25) is 0 Å². The maximum Gasteiger partial charge on any atom is 0.216 e. The Morgan fingerprint density at radius 2 is 2.33 bits per heavy atom. The van der Waals surface area contributed by atoms with Gasteiger partial charge in [-0.05, 0) is 12.8 Å². The van der Waals surface area contributed by atoms with Crippen molar-refractivity contribution in [3.05, 3.63) is 0 Å². The summed E-state index contributed by atoms with van der Waals surface area (Å²) in [6.07, 6.45) is 1.72. The summed E-state index contributed by atoms with van der Waals surface area (Å²) in [4.78, 5) is 0. The zero-order valence-electron chi connectivity index (χ0n) is 10.6. The molecule has 1 aliphatic heterocycles. The van der Waals surface area contributed by atoms with Crippen molar-refractivity contribution in [1.29, 1.82) is 0 Å². The number of oxime groups is 1. The predicted octanol–water partition coefficient (Wildman–Crippen LogP) is -0.0464. The molecule has 1 fully saturated rings. The molecule has 0 aromatic heterocycles. The molecule has 106 valence electrons. The monoisotopic (exact) mass is 279 g/mol. The number of nitrogens with zero attached hydrogens (tertiary/aromatic N) is 2. The lowest BCUT2D eigenvalue weighted by atomic mass is 10.3. The van der Waals surface area contributed by atoms with E-state index in [2.05, 4.69) is 5.16 Å². The van der Waals surface area contributed by atoms with E-state index >= 15 is 0 Å². The van der Waals surface area contributed by atoms with E-state index in [4.69, 9.17) is 15.7 Å². The van der Waals surface area contributed by atoms with Gasteiger partial charge >= 0.3 is 0 Å². The Morgan fingerprint density at radius 1 is 1.61 bits per heavy atom. The van der Waals surface area contributed by atoms with Crippen LogP contribution in [-0.2, 0) is 14.8 Å². The number of ether oxygens (including phenoxy) is 1. The van der Waals surface area contributed by atoms with Crippen LogP contribution in [0.4, 0.5) is 0 Å². The van der Waals surface area contributed by atoms with Gasteiger partial charge < -0.3 is 15.7 Å². The smallest absolute Gasteiger partial charge is 0.216 e. The third kappa shape index (κ3) is 4.43. The molecule has 18 heavy (non-hydrogen) atoms. The van der Waals surface area contributed by atoms with E-state index in [9.17, 15) is 8.42 Å². The molecule has 0 bridgehead atoms. The molecule has 1 heterocycles. The molecule has 1 aliphatic rings. The standard InChI is InChI=1S/C10H21N3O4S/c1-2-13(6-5-10(11)12-14)18(15,16)8-9-4-3-7-17-9/h9,14H,2-8H2,1H3,(H2,11,12). The van der Waals surface area contributed by atoms with Crippen LogP contribution >= 0.6 is 0 Å². The van der Waals surface area contributed by atoms with E-state index in [1.807, 2.05) is 0 Å². The first kappa shape index (κ1) is 15.2. The van der Waals surface area contributed by atoms with Crippen LogP contribution in [0, 0.1) is 0 Å². The third-order valence-corrected chi connectivity index (χ3v) is 4.93. The van der Waals surface area contributed by atoms with Crippen LogP contribution in [-0.4, -0.2) is 55.3 Å². The summed E-state index contributed by atoms with van der Waals surface area (Å²) < 4.78 is 30.9. The summed E-state index contributed by atoms with van der Waals surface area (Å²) in [6.45, 7) is 2.99. The first-order chi connectivity index (χ1) is 8.49. The van der Waals surface area contributed by atoms with Gasteiger partial charge in [-0.2, -0.15) is 0 Å². The van der Waals surface area contributed by atoms with E-state index in [1.165, 1.54) is 4.31 Å². The van der Waals surface area contributed by atoms with Crippen molar-refractivity contribution < 1.29 is 18.4 Å². The van der Waals surface area contributed by atoms with Crippen molar-refractivity contribution in [2.24, 2.45) is 10.9 Å². The highest BCUT2D eigenvalue weighted by atomic mass is 32.2. The van der Waals surface area contributed by atoms with Crippen LogP contribution in [0.1, 0.15) is 26.2 Å². The normalized spacial score (nSPS) is 21.7. The minimum absolute atomic E-state index is 0.0109. The second kappa shape index (κ2) is 6.91. The zero-order chi connectivity index (χ0) is 13.6. The van der Waals surface area contributed by atoms with Gasteiger partial charge in [-0.1, -0.05) is 12.1 Å². The molecule has 1 unspecified atom stereocenters. The quantitative estimate of drug-likeness (QED) is 0.294. The van der Waals surface area contributed by atoms with Crippen LogP contribution in [0.3, 0.4) is 0 Å². The molecule has 1 rings (SSSR count). The van der Waals surface area contributed by atoms with E-state index in [1.54, 1.807) is 6.92 Å². The molecule has 0 aliphatic carbocycles. The van der Waals surface area contributed by atoms with Crippen molar-refractivity contribution >= 4 is 15.9 Å². The lowest BCUT2D eigenvalue weighted by Crippen LogP contribution is -2.38. The van der Waals surface area contributed by atoms with Gasteiger partial charge in [-0.3, -0.25) is 0 Å². The van der Waals surface area contributed by atoms with E-state index in [0.29, 0.717) is 13.2 Å². The molecule has 8 heteroatoms. The number of hydrogen-bond donors (Lipinski definition) is 2. The first-order valence-electron chi connectivity index (χ1n) is 6.05. The summed E-state index contributed by atoms with van der Waals surface area (Å²) in [6, 6.07) is 0. The van der Waals surface area contributed by atoms with E-state index < -0.39 is 10.0 Å². The van der Waals surface area contributed by atoms with Crippen LogP contribution < -0.4 is 5.73 Å². The first-order valence-corrected chi connectivity index (χ1v) is 7.66. The molecule has 1 saturated heterocycles. The third-order valence-electron chi connectivity index (χ3n) is 2.91. The molecule has 7 nitrogen and oxygen atoms in total. The molecule has 0 radical (unpaired) electrons. The molecule has 0 aromatic carbocycles. The molecule has 0 saturated carbocycles. The fourth-order valence-corrected chi connectivity index (χ4v) is 3.61. The van der Waals surface area contributed by atoms with Gasteiger partial charge in [0, 0.05) is 26.1 Å². The highest BCUT2D eigenvalue weighted by Crippen LogP contribution is 2.16. The molecule has 0 spiro atoms. The Morgan fingerprint density at radius 3 is 2.83 bits per heavy atom. The lowest BCUT2D eigenvalue weighted by Gasteiger charge is -2.21. The Balaban J connectivity index is 2.55. The van der Waals surface area contributed by atoms with Gasteiger partial charge in [0.15, 0.2) is 0 Å². The maximum absolute atomic E-state index is 12.1. The van der Waals surface area contributed by atoms with Gasteiger partial charge in [-0.15, -0.1) is 0 Å². The summed E-state index contributed by atoms with van der Waals surface area (Å²) >= 11 is 0. The van der Waals surface area contributed by atoms with Gasteiger partial charge in [0.25, 0.3) is 0 Å². The minimum atomic E-state index is -3.34. The van der Waals surface area contributed by atoms with E-state index in [-0.39, 0.29) is 30.7 Å². The summed E-state index contributed by atoms with van der Waals surface area (Å²) in [5.41, 5.74) is 5.34. The number of rotatable bonds is 7. The molecule has 0 amide bonds. The zero-order valence-corrected chi connectivity index (χ0v) is 11.4. The second-order valence-electron chi connectivity index (χ2n) is 4.25. The Bertz CT molecular complexity index is 377. The van der Waals surface area contributed by atoms with Gasteiger partial charge in [0.1, 0.15) is 5.84 Å². The fourth-order valence-electron chi connectivity index (χ4n) is 1.90.